The summed E-state index contributed by atoms with van der Waals surface area (Å²) in [5.41, 5.74) is 6.84. The molecule has 5 rings (SSSR count). The molecule has 4 aliphatic carbocycles. The van der Waals surface area contributed by atoms with Crippen molar-refractivity contribution in [1.29, 1.82) is 0 Å². The SMILES string of the molecule is CN(C)C1CCN(C2(CN)C3CC4CC(C3)CC2C4)CC1. The Morgan fingerprint density at radius 3 is 1.90 bits per heavy atom. The smallest absolute Gasteiger partial charge is 0.0388 e. The van der Waals surface area contributed by atoms with E-state index in [1.807, 2.05) is 0 Å². The summed E-state index contributed by atoms with van der Waals surface area (Å²) in [5.74, 6) is 3.92. The van der Waals surface area contributed by atoms with E-state index >= 15 is 0 Å². The topological polar surface area (TPSA) is 32.5 Å². The first kappa shape index (κ1) is 14.5. The highest BCUT2D eigenvalue weighted by molar-refractivity contribution is 5.13. The fraction of sp³-hybridized carbons (Fsp3) is 1.00. The zero-order valence-corrected chi connectivity index (χ0v) is 13.9. The molecular formula is C18H33N3. The molecule has 0 aromatic rings. The van der Waals surface area contributed by atoms with E-state index in [1.54, 1.807) is 0 Å². The Kier molecular flexibility index (Phi) is 3.59. The second-order valence-corrected chi connectivity index (χ2v) is 8.68. The van der Waals surface area contributed by atoms with Gasteiger partial charge in [0.05, 0.1) is 0 Å². The van der Waals surface area contributed by atoms with Crippen LogP contribution in [0.2, 0.25) is 0 Å². The summed E-state index contributed by atoms with van der Waals surface area (Å²) in [6.07, 6.45) is 10.1. The van der Waals surface area contributed by atoms with Crippen LogP contribution in [0.1, 0.15) is 44.9 Å². The Morgan fingerprint density at radius 2 is 1.48 bits per heavy atom. The van der Waals surface area contributed by atoms with Crippen LogP contribution in [0, 0.1) is 23.7 Å². The van der Waals surface area contributed by atoms with E-state index < -0.39 is 0 Å². The number of nitrogens with zero attached hydrogens (tertiary/aromatic N) is 2. The largest absolute Gasteiger partial charge is 0.329 e. The van der Waals surface area contributed by atoms with Crippen LogP contribution in [0.25, 0.3) is 0 Å². The molecule has 3 heteroatoms. The predicted molar refractivity (Wildman–Crippen MR) is 87.1 cm³/mol. The van der Waals surface area contributed by atoms with Crippen molar-refractivity contribution in [3.05, 3.63) is 0 Å². The quantitative estimate of drug-likeness (QED) is 0.865. The maximum atomic E-state index is 6.46. The Balaban J connectivity index is 1.54. The van der Waals surface area contributed by atoms with Crippen molar-refractivity contribution in [3.63, 3.8) is 0 Å². The highest BCUT2D eigenvalue weighted by Crippen LogP contribution is 2.60. The van der Waals surface area contributed by atoms with Crippen LogP contribution in [0.3, 0.4) is 0 Å². The number of hydrogen-bond acceptors (Lipinski definition) is 3. The van der Waals surface area contributed by atoms with Gasteiger partial charge in [0.2, 0.25) is 0 Å². The highest BCUT2D eigenvalue weighted by Gasteiger charge is 2.59. The zero-order valence-electron chi connectivity index (χ0n) is 13.9. The number of rotatable bonds is 3. The van der Waals surface area contributed by atoms with Gasteiger partial charge in [0.1, 0.15) is 0 Å². The molecule has 2 N–H and O–H groups in total. The van der Waals surface area contributed by atoms with E-state index in [2.05, 4.69) is 23.9 Å². The third kappa shape index (κ3) is 2.11. The summed E-state index contributed by atoms with van der Waals surface area (Å²) in [4.78, 5) is 5.28. The molecular weight excluding hydrogens is 258 g/mol. The minimum atomic E-state index is 0.380. The molecule has 0 radical (unpaired) electrons. The average Bonchev–Trinajstić information content (AvgIpc) is 2.47. The van der Waals surface area contributed by atoms with Crippen molar-refractivity contribution in [2.45, 2.75) is 56.5 Å². The monoisotopic (exact) mass is 291 g/mol. The van der Waals surface area contributed by atoms with E-state index in [1.165, 1.54) is 58.0 Å². The number of nitrogens with two attached hydrogens (primary N) is 1. The molecule has 120 valence electrons. The first-order valence-electron chi connectivity index (χ1n) is 9.25. The molecule has 0 spiro atoms. The van der Waals surface area contributed by atoms with Crippen molar-refractivity contribution in [2.75, 3.05) is 33.7 Å². The van der Waals surface area contributed by atoms with Gasteiger partial charge in [0.25, 0.3) is 0 Å². The molecule has 4 saturated carbocycles. The van der Waals surface area contributed by atoms with E-state index in [-0.39, 0.29) is 0 Å². The molecule has 5 fully saturated rings. The van der Waals surface area contributed by atoms with Crippen LogP contribution < -0.4 is 5.73 Å². The Hall–Kier alpha value is -0.120. The number of hydrogen-bond donors (Lipinski definition) is 1. The molecule has 0 aromatic heterocycles. The maximum Gasteiger partial charge on any atom is 0.0388 e. The molecule has 1 heterocycles. The predicted octanol–water partition coefficient (Wildman–Crippen LogP) is 2.17. The van der Waals surface area contributed by atoms with Crippen molar-refractivity contribution < 1.29 is 0 Å². The van der Waals surface area contributed by atoms with Crippen LogP contribution in [0.15, 0.2) is 0 Å². The second-order valence-electron chi connectivity index (χ2n) is 8.68. The molecule has 0 atom stereocenters. The van der Waals surface area contributed by atoms with Crippen LogP contribution in [-0.4, -0.2) is 55.1 Å². The van der Waals surface area contributed by atoms with Gasteiger partial charge in [-0.15, -0.1) is 0 Å². The molecule has 4 bridgehead atoms. The first-order valence-corrected chi connectivity index (χ1v) is 9.25. The molecule has 5 aliphatic rings. The van der Waals surface area contributed by atoms with Crippen molar-refractivity contribution in [2.24, 2.45) is 29.4 Å². The molecule has 1 aliphatic heterocycles. The van der Waals surface area contributed by atoms with Gasteiger partial charge in [-0.3, -0.25) is 4.90 Å². The number of piperidine rings is 1. The zero-order chi connectivity index (χ0) is 14.6. The van der Waals surface area contributed by atoms with E-state index in [9.17, 15) is 0 Å². The molecule has 1 saturated heterocycles. The number of likely N-dealkylation sites (tertiary alicyclic amines) is 1. The summed E-state index contributed by atoms with van der Waals surface area (Å²) in [7, 11) is 4.48. The maximum absolute atomic E-state index is 6.46. The molecule has 0 aromatic carbocycles. The third-order valence-electron chi connectivity index (χ3n) is 7.66. The molecule has 0 unspecified atom stereocenters. The Morgan fingerprint density at radius 1 is 0.952 bits per heavy atom. The lowest BCUT2D eigenvalue weighted by atomic mass is 9.48. The Labute approximate surface area is 130 Å². The lowest BCUT2D eigenvalue weighted by Gasteiger charge is -2.65. The van der Waals surface area contributed by atoms with Crippen LogP contribution in [0.4, 0.5) is 0 Å². The summed E-state index contributed by atoms with van der Waals surface area (Å²) in [5, 5.41) is 0. The first-order chi connectivity index (χ1) is 10.1. The van der Waals surface area contributed by atoms with Crippen LogP contribution >= 0.6 is 0 Å². The lowest BCUT2D eigenvalue weighted by Crippen LogP contribution is -2.70. The normalized spacial score (nSPS) is 47.4. The summed E-state index contributed by atoms with van der Waals surface area (Å²) in [6, 6.07) is 0.785. The van der Waals surface area contributed by atoms with Crippen molar-refractivity contribution in [3.8, 4) is 0 Å². The summed E-state index contributed by atoms with van der Waals surface area (Å²) in [6.45, 7) is 3.47. The van der Waals surface area contributed by atoms with Gasteiger partial charge in [-0.1, -0.05) is 0 Å². The second kappa shape index (κ2) is 5.21. The molecule has 0 amide bonds. The van der Waals surface area contributed by atoms with Crippen molar-refractivity contribution in [1.82, 2.24) is 9.80 Å². The summed E-state index contributed by atoms with van der Waals surface area (Å²) < 4.78 is 0. The molecule has 3 nitrogen and oxygen atoms in total. The van der Waals surface area contributed by atoms with E-state index in [0.29, 0.717) is 5.54 Å². The van der Waals surface area contributed by atoms with Gasteiger partial charge in [-0.25, -0.2) is 0 Å². The van der Waals surface area contributed by atoms with Gasteiger partial charge < -0.3 is 10.6 Å². The van der Waals surface area contributed by atoms with Gasteiger partial charge in [0.15, 0.2) is 0 Å². The van der Waals surface area contributed by atoms with Crippen molar-refractivity contribution >= 4 is 0 Å². The van der Waals surface area contributed by atoms with E-state index in [0.717, 1.165) is 36.3 Å². The fourth-order valence-electron chi connectivity index (χ4n) is 6.78. The Bertz CT molecular complexity index is 356. The van der Waals surface area contributed by atoms with Crippen LogP contribution in [0.5, 0.6) is 0 Å². The standard InChI is InChI=1S/C18H33N3/c1-20(2)17-3-5-21(6-4-17)18(12-19)15-8-13-7-14(10-15)11-16(18)9-13/h13-17H,3-12,19H2,1-2H3. The van der Waals surface area contributed by atoms with Gasteiger partial charge in [0, 0.05) is 31.2 Å². The third-order valence-corrected chi connectivity index (χ3v) is 7.66. The van der Waals surface area contributed by atoms with Gasteiger partial charge in [-0.05, 0) is 82.7 Å². The van der Waals surface area contributed by atoms with Gasteiger partial charge in [-0.2, -0.15) is 0 Å². The van der Waals surface area contributed by atoms with E-state index in [4.69, 9.17) is 5.73 Å². The highest BCUT2D eigenvalue weighted by atomic mass is 15.3. The minimum Gasteiger partial charge on any atom is -0.329 e. The lowest BCUT2D eigenvalue weighted by molar-refractivity contribution is -0.139. The fourth-order valence-corrected chi connectivity index (χ4v) is 6.78. The van der Waals surface area contributed by atoms with Gasteiger partial charge >= 0.3 is 0 Å². The summed E-state index contributed by atoms with van der Waals surface area (Å²) >= 11 is 0. The van der Waals surface area contributed by atoms with Crippen LogP contribution in [-0.2, 0) is 0 Å². The molecule has 21 heavy (non-hydrogen) atoms. The minimum absolute atomic E-state index is 0.380. The average molecular weight is 291 g/mol.